The van der Waals surface area contributed by atoms with E-state index in [9.17, 15) is 9.59 Å². The highest BCUT2D eigenvalue weighted by atomic mass is 16.5. The van der Waals surface area contributed by atoms with Crippen LogP contribution >= 0.6 is 0 Å². The van der Waals surface area contributed by atoms with Crippen LogP contribution in [0.4, 0.5) is 0 Å². The number of carbonyl (C=O) groups excluding carboxylic acids is 2. The van der Waals surface area contributed by atoms with Gasteiger partial charge in [-0.1, -0.05) is 79.9 Å². The minimum Gasteiger partial charge on any atom is -0.497 e. The molecule has 0 spiro atoms. The molecule has 4 aromatic carbocycles. The van der Waals surface area contributed by atoms with Gasteiger partial charge < -0.3 is 9.47 Å². The zero-order chi connectivity index (χ0) is 26.5. The Morgan fingerprint density at radius 3 is 1.55 bits per heavy atom. The predicted octanol–water partition coefficient (Wildman–Crippen LogP) is 8.03. The molecule has 0 saturated heterocycles. The van der Waals surface area contributed by atoms with Gasteiger partial charge in [0.2, 0.25) is 0 Å². The van der Waals surface area contributed by atoms with E-state index in [-0.39, 0.29) is 11.2 Å². The van der Waals surface area contributed by atoms with Crippen LogP contribution in [0.3, 0.4) is 0 Å². The van der Waals surface area contributed by atoms with Crippen molar-refractivity contribution in [2.24, 2.45) is 0 Å². The number of methoxy groups -OCH3 is 1. The van der Waals surface area contributed by atoms with Crippen molar-refractivity contribution in [1.29, 1.82) is 0 Å². The van der Waals surface area contributed by atoms with Crippen LogP contribution < -0.4 is 9.47 Å². The highest BCUT2D eigenvalue weighted by molar-refractivity contribution is 5.94. The molecule has 1 aliphatic carbocycles. The standard InChI is InChI=1S/C34H32O4/c1-24(35)25-6-8-26(9-7-25)27-10-12-28(13-11-27)33(36)38-32-20-16-30(17-21-32)34(22-4-3-5-23-34)29-14-18-31(37-2)19-15-29/h6-21H,3-5,22-23H2,1-2H3. The molecule has 0 aromatic heterocycles. The third kappa shape index (κ3) is 5.26. The van der Waals surface area contributed by atoms with Crippen molar-refractivity contribution in [3.05, 3.63) is 119 Å². The van der Waals surface area contributed by atoms with Crippen LogP contribution in [0, 0.1) is 0 Å². The molecule has 0 atom stereocenters. The monoisotopic (exact) mass is 504 g/mol. The van der Waals surface area contributed by atoms with Gasteiger partial charge >= 0.3 is 5.97 Å². The van der Waals surface area contributed by atoms with Gasteiger partial charge in [-0.05, 0) is 78.4 Å². The van der Waals surface area contributed by atoms with Crippen LogP contribution in [0.1, 0.15) is 70.9 Å². The SMILES string of the molecule is COc1ccc(C2(c3ccc(OC(=O)c4ccc(-c5ccc(C(C)=O)cc5)cc4)cc3)CCCCC2)cc1. The third-order valence-electron chi connectivity index (χ3n) is 7.71. The van der Waals surface area contributed by atoms with E-state index >= 15 is 0 Å². The summed E-state index contributed by atoms with van der Waals surface area (Å²) in [5, 5.41) is 0. The summed E-state index contributed by atoms with van der Waals surface area (Å²) in [4.78, 5) is 24.4. The Balaban J connectivity index is 1.30. The summed E-state index contributed by atoms with van der Waals surface area (Å²) in [5.41, 5.74) is 5.64. The number of Topliss-reactive ketones (excluding diaryl/α,β-unsaturated/α-hetero) is 1. The van der Waals surface area contributed by atoms with Crippen molar-refractivity contribution in [3.8, 4) is 22.6 Å². The van der Waals surface area contributed by atoms with E-state index in [0.717, 1.165) is 29.7 Å². The Morgan fingerprint density at radius 1 is 0.605 bits per heavy atom. The molecule has 5 rings (SSSR count). The fourth-order valence-electron chi connectivity index (χ4n) is 5.51. The predicted molar refractivity (Wildman–Crippen MR) is 150 cm³/mol. The minimum absolute atomic E-state index is 0.0362. The van der Waals surface area contributed by atoms with Crippen LogP contribution in [-0.4, -0.2) is 18.9 Å². The van der Waals surface area contributed by atoms with Crippen molar-refractivity contribution >= 4 is 11.8 Å². The molecule has 4 heteroatoms. The number of hydrogen-bond acceptors (Lipinski definition) is 4. The topological polar surface area (TPSA) is 52.6 Å². The molecular weight excluding hydrogens is 472 g/mol. The van der Waals surface area contributed by atoms with E-state index in [1.54, 1.807) is 26.2 Å². The lowest BCUT2D eigenvalue weighted by molar-refractivity contribution is 0.0734. The number of benzene rings is 4. The first-order valence-corrected chi connectivity index (χ1v) is 13.2. The zero-order valence-corrected chi connectivity index (χ0v) is 21.9. The van der Waals surface area contributed by atoms with Crippen LogP contribution in [0.15, 0.2) is 97.1 Å². The molecule has 38 heavy (non-hydrogen) atoms. The molecule has 4 aromatic rings. The number of carbonyl (C=O) groups is 2. The van der Waals surface area contributed by atoms with Crippen LogP contribution in [0.25, 0.3) is 11.1 Å². The summed E-state index contributed by atoms with van der Waals surface area (Å²) < 4.78 is 11.1. The summed E-state index contributed by atoms with van der Waals surface area (Å²) in [5.74, 6) is 1.04. The van der Waals surface area contributed by atoms with Crippen molar-refractivity contribution in [2.75, 3.05) is 7.11 Å². The number of hydrogen-bond donors (Lipinski definition) is 0. The van der Waals surface area contributed by atoms with Gasteiger partial charge in [0.25, 0.3) is 0 Å². The molecule has 0 heterocycles. The fraction of sp³-hybridized carbons (Fsp3) is 0.235. The Bertz CT molecular complexity index is 1390. The maximum absolute atomic E-state index is 12.8. The Kier molecular flexibility index (Phi) is 7.41. The second-order valence-corrected chi connectivity index (χ2v) is 10.00. The van der Waals surface area contributed by atoms with Gasteiger partial charge in [-0.25, -0.2) is 4.79 Å². The highest BCUT2D eigenvalue weighted by Gasteiger charge is 2.35. The van der Waals surface area contributed by atoms with E-state index in [0.29, 0.717) is 16.9 Å². The summed E-state index contributed by atoms with van der Waals surface area (Å²) in [6, 6.07) is 31.2. The van der Waals surface area contributed by atoms with E-state index in [1.165, 1.54) is 30.4 Å². The molecule has 0 N–H and O–H groups in total. The fourth-order valence-corrected chi connectivity index (χ4v) is 5.51. The molecule has 192 valence electrons. The molecule has 0 radical (unpaired) electrons. The van der Waals surface area contributed by atoms with Crippen molar-refractivity contribution < 1.29 is 19.1 Å². The summed E-state index contributed by atoms with van der Waals surface area (Å²) >= 11 is 0. The molecule has 4 nitrogen and oxygen atoms in total. The molecule has 0 amide bonds. The van der Waals surface area contributed by atoms with Crippen LogP contribution in [-0.2, 0) is 5.41 Å². The minimum atomic E-state index is -0.390. The van der Waals surface area contributed by atoms with Gasteiger partial charge in [0.15, 0.2) is 5.78 Å². The molecular formula is C34H32O4. The molecule has 1 fully saturated rings. The molecule has 1 saturated carbocycles. The average molecular weight is 505 g/mol. The van der Waals surface area contributed by atoms with Crippen LogP contribution in [0.2, 0.25) is 0 Å². The van der Waals surface area contributed by atoms with Gasteiger partial charge in [0.05, 0.1) is 12.7 Å². The highest BCUT2D eigenvalue weighted by Crippen LogP contribution is 2.45. The van der Waals surface area contributed by atoms with Crippen molar-refractivity contribution in [2.45, 2.75) is 44.4 Å². The number of rotatable bonds is 7. The second kappa shape index (κ2) is 11.1. The van der Waals surface area contributed by atoms with Crippen molar-refractivity contribution in [1.82, 2.24) is 0 Å². The zero-order valence-electron chi connectivity index (χ0n) is 21.9. The Hall–Kier alpha value is -4.18. The maximum Gasteiger partial charge on any atom is 0.343 e. The van der Waals surface area contributed by atoms with Gasteiger partial charge in [0, 0.05) is 11.0 Å². The normalized spacial score (nSPS) is 14.5. The van der Waals surface area contributed by atoms with E-state index in [4.69, 9.17) is 9.47 Å². The summed E-state index contributed by atoms with van der Waals surface area (Å²) in [6.45, 7) is 1.55. The summed E-state index contributed by atoms with van der Waals surface area (Å²) in [7, 11) is 1.69. The molecule has 0 unspecified atom stereocenters. The number of esters is 1. The average Bonchev–Trinajstić information content (AvgIpc) is 2.98. The van der Waals surface area contributed by atoms with E-state index in [2.05, 4.69) is 24.3 Å². The van der Waals surface area contributed by atoms with E-state index in [1.807, 2.05) is 60.7 Å². The first-order chi connectivity index (χ1) is 18.5. The van der Waals surface area contributed by atoms with Crippen molar-refractivity contribution in [3.63, 3.8) is 0 Å². The van der Waals surface area contributed by atoms with E-state index < -0.39 is 5.97 Å². The first-order valence-electron chi connectivity index (χ1n) is 13.2. The van der Waals surface area contributed by atoms with Gasteiger partial charge in [-0.3, -0.25) is 4.79 Å². The first kappa shape index (κ1) is 25.5. The molecule has 0 bridgehead atoms. The largest absolute Gasteiger partial charge is 0.497 e. The third-order valence-corrected chi connectivity index (χ3v) is 7.71. The Labute approximate surface area is 224 Å². The lowest BCUT2D eigenvalue weighted by atomic mass is 9.65. The Morgan fingerprint density at radius 2 is 1.08 bits per heavy atom. The molecule has 0 aliphatic heterocycles. The number of ether oxygens (including phenoxy) is 2. The quantitative estimate of drug-likeness (QED) is 0.145. The lowest BCUT2D eigenvalue weighted by Crippen LogP contribution is -2.30. The van der Waals surface area contributed by atoms with Gasteiger partial charge in [-0.15, -0.1) is 0 Å². The molecule has 1 aliphatic rings. The van der Waals surface area contributed by atoms with Gasteiger partial charge in [0.1, 0.15) is 11.5 Å². The second-order valence-electron chi connectivity index (χ2n) is 10.00. The summed E-state index contributed by atoms with van der Waals surface area (Å²) in [6.07, 6.45) is 5.85. The van der Waals surface area contributed by atoms with Crippen LogP contribution in [0.5, 0.6) is 11.5 Å². The maximum atomic E-state index is 12.8. The lowest BCUT2D eigenvalue weighted by Gasteiger charge is -2.38. The smallest absolute Gasteiger partial charge is 0.343 e. The van der Waals surface area contributed by atoms with Gasteiger partial charge in [-0.2, -0.15) is 0 Å². The number of ketones is 1.